The van der Waals surface area contributed by atoms with Crippen molar-refractivity contribution < 1.29 is 23.8 Å². The largest absolute Gasteiger partial charge is 0.462 e. The Bertz CT molecular complexity index is 440. The van der Waals surface area contributed by atoms with E-state index < -0.39 is 0 Å². The molecule has 5 heteroatoms. The number of epoxide rings is 1. The number of carbonyl (C=O) groups excluding carboxylic acids is 2. The van der Waals surface area contributed by atoms with Crippen LogP contribution in [0.3, 0.4) is 0 Å². The number of hydrogen-bond acceptors (Lipinski definition) is 5. The zero-order valence-electron chi connectivity index (χ0n) is 13.1. The maximum atomic E-state index is 10.8. The summed E-state index contributed by atoms with van der Waals surface area (Å²) in [7, 11) is 0. The van der Waals surface area contributed by atoms with Crippen LogP contribution in [0.5, 0.6) is 0 Å². The fraction of sp³-hybridized carbons (Fsp3) is 0.529. The molecule has 1 saturated heterocycles. The average molecular weight is 308 g/mol. The number of carbonyl (C=O) groups is 2. The van der Waals surface area contributed by atoms with Crippen LogP contribution in [0.15, 0.2) is 37.5 Å². The van der Waals surface area contributed by atoms with E-state index in [0.29, 0.717) is 30.3 Å². The summed E-state index contributed by atoms with van der Waals surface area (Å²) < 4.78 is 15.0. The van der Waals surface area contributed by atoms with E-state index in [1.54, 1.807) is 6.92 Å². The van der Waals surface area contributed by atoms with E-state index in [1.807, 2.05) is 0 Å². The predicted octanol–water partition coefficient (Wildman–Crippen LogP) is 2.57. The van der Waals surface area contributed by atoms with Crippen molar-refractivity contribution in [3.05, 3.63) is 37.5 Å². The Morgan fingerprint density at radius 2 is 1.95 bits per heavy atom. The van der Waals surface area contributed by atoms with Crippen LogP contribution in [0, 0.1) is 5.92 Å². The molecule has 1 saturated carbocycles. The van der Waals surface area contributed by atoms with E-state index in [0.717, 1.165) is 19.3 Å². The number of rotatable bonds is 6. The lowest BCUT2D eigenvalue weighted by Crippen LogP contribution is -2.19. The van der Waals surface area contributed by atoms with Crippen molar-refractivity contribution in [2.24, 2.45) is 5.92 Å². The molecule has 0 aromatic heterocycles. The molecule has 0 amide bonds. The van der Waals surface area contributed by atoms with E-state index in [-0.39, 0.29) is 18.5 Å². The van der Waals surface area contributed by atoms with Gasteiger partial charge in [0.1, 0.15) is 6.61 Å². The summed E-state index contributed by atoms with van der Waals surface area (Å²) in [6, 6.07) is 0. The molecule has 22 heavy (non-hydrogen) atoms. The summed E-state index contributed by atoms with van der Waals surface area (Å²) in [4.78, 5) is 21.3. The molecule has 0 N–H and O–H groups in total. The van der Waals surface area contributed by atoms with Crippen LogP contribution < -0.4 is 0 Å². The van der Waals surface area contributed by atoms with Crippen molar-refractivity contribution in [1.82, 2.24) is 0 Å². The summed E-state index contributed by atoms with van der Waals surface area (Å²) >= 11 is 0. The van der Waals surface area contributed by atoms with Crippen molar-refractivity contribution >= 4 is 11.9 Å². The second kappa shape index (κ2) is 9.20. The van der Waals surface area contributed by atoms with Gasteiger partial charge in [-0.05, 0) is 32.1 Å². The number of hydrogen-bond donors (Lipinski definition) is 0. The SMILES string of the molecule is C=CC(=O)OCC1CCC2OC2C1.C=CCOC(=O)C(=C)C. The van der Waals surface area contributed by atoms with Gasteiger partial charge in [0.25, 0.3) is 0 Å². The van der Waals surface area contributed by atoms with Crippen LogP contribution in [-0.4, -0.2) is 37.4 Å². The van der Waals surface area contributed by atoms with Gasteiger partial charge in [-0.1, -0.05) is 25.8 Å². The molecule has 1 aliphatic carbocycles. The van der Waals surface area contributed by atoms with Crippen molar-refractivity contribution in [3.8, 4) is 0 Å². The third-order valence-electron chi connectivity index (χ3n) is 3.42. The minimum absolute atomic E-state index is 0.256. The highest BCUT2D eigenvalue weighted by Crippen LogP contribution is 2.39. The summed E-state index contributed by atoms with van der Waals surface area (Å²) in [6.45, 7) is 12.5. The second-order valence-corrected chi connectivity index (χ2v) is 5.39. The Morgan fingerprint density at radius 3 is 2.50 bits per heavy atom. The van der Waals surface area contributed by atoms with Gasteiger partial charge < -0.3 is 14.2 Å². The Morgan fingerprint density at radius 1 is 1.23 bits per heavy atom. The van der Waals surface area contributed by atoms with Gasteiger partial charge in [-0.3, -0.25) is 0 Å². The van der Waals surface area contributed by atoms with Crippen LogP contribution in [0.25, 0.3) is 0 Å². The summed E-state index contributed by atoms with van der Waals surface area (Å²) in [6.07, 6.45) is 6.99. The first-order valence-electron chi connectivity index (χ1n) is 7.36. The molecule has 5 nitrogen and oxygen atoms in total. The van der Waals surface area contributed by atoms with Gasteiger partial charge in [-0.2, -0.15) is 0 Å². The molecular weight excluding hydrogens is 284 g/mol. The van der Waals surface area contributed by atoms with Crippen molar-refractivity contribution in [2.75, 3.05) is 13.2 Å². The molecule has 0 aromatic rings. The number of ether oxygens (including phenoxy) is 3. The molecule has 2 fully saturated rings. The Hall–Kier alpha value is -1.88. The molecule has 2 aliphatic rings. The minimum Gasteiger partial charge on any atom is -0.462 e. The van der Waals surface area contributed by atoms with E-state index >= 15 is 0 Å². The molecule has 0 bridgehead atoms. The summed E-state index contributed by atoms with van der Waals surface area (Å²) in [5.41, 5.74) is 0.414. The highest BCUT2D eigenvalue weighted by Gasteiger charge is 2.43. The monoisotopic (exact) mass is 308 g/mol. The van der Waals surface area contributed by atoms with Crippen molar-refractivity contribution in [2.45, 2.75) is 38.4 Å². The molecule has 0 aromatic carbocycles. The van der Waals surface area contributed by atoms with Crippen molar-refractivity contribution in [1.29, 1.82) is 0 Å². The number of esters is 2. The smallest absolute Gasteiger partial charge is 0.333 e. The first-order valence-corrected chi connectivity index (χ1v) is 7.36. The van der Waals surface area contributed by atoms with Gasteiger partial charge >= 0.3 is 11.9 Å². The van der Waals surface area contributed by atoms with Crippen LogP contribution >= 0.6 is 0 Å². The molecule has 3 atom stereocenters. The van der Waals surface area contributed by atoms with Gasteiger partial charge in [0.05, 0.1) is 18.8 Å². The van der Waals surface area contributed by atoms with Gasteiger partial charge in [0, 0.05) is 11.6 Å². The lowest BCUT2D eigenvalue weighted by molar-refractivity contribution is -0.139. The fourth-order valence-electron chi connectivity index (χ4n) is 2.15. The molecule has 1 heterocycles. The third kappa shape index (κ3) is 6.72. The highest BCUT2D eigenvalue weighted by atomic mass is 16.6. The van der Waals surface area contributed by atoms with Gasteiger partial charge in [-0.25, -0.2) is 9.59 Å². The number of fused-ring (bicyclic) bond motifs is 1. The zero-order chi connectivity index (χ0) is 16.5. The molecule has 0 spiro atoms. The molecule has 2 rings (SSSR count). The Balaban J connectivity index is 0.000000239. The Labute approximate surface area is 131 Å². The maximum Gasteiger partial charge on any atom is 0.333 e. The zero-order valence-corrected chi connectivity index (χ0v) is 13.1. The molecule has 0 radical (unpaired) electrons. The van der Waals surface area contributed by atoms with Gasteiger partial charge in [0.2, 0.25) is 0 Å². The lowest BCUT2D eigenvalue weighted by Gasteiger charge is -2.17. The third-order valence-corrected chi connectivity index (χ3v) is 3.42. The van der Waals surface area contributed by atoms with Crippen LogP contribution in [0.2, 0.25) is 0 Å². The summed E-state index contributed by atoms with van der Waals surface area (Å²) in [5, 5.41) is 0. The van der Waals surface area contributed by atoms with E-state index in [4.69, 9.17) is 9.47 Å². The predicted molar refractivity (Wildman–Crippen MR) is 83.1 cm³/mol. The minimum atomic E-state index is -0.366. The molecular formula is C17H24O5. The van der Waals surface area contributed by atoms with E-state index in [9.17, 15) is 9.59 Å². The fourth-order valence-corrected chi connectivity index (χ4v) is 2.15. The van der Waals surface area contributed by atoms with E-state index in [1.165, 1.54) is 12.2 Å². The molecule has 3 unspecified atom stereocenters. The molecule has 1 aliphatic heterocycles. The molecule has 122 valence electrons. The maximum absolute atomic E-state index is 10.8. The van der Waals surface area contributed by atoms with Gasteiger partial charge in [0.15, 0.2) is 0 Å². The second-order valence-electron chi connectivity index (χ2n) is 5.39. The normalized spacial score (nSPS) is 24.7. The van der Waals surface area contributed by atoms with Crippen LogP contribution in [-0.2, 0) is 23.8 Å². The average Bonchev–Trinajstić information content (AvgIpc) is 3.29. The lowest BCUT2D eigenvalue weighted by atomic mass is 9.90. The van der Waals surface area contributed by atoms with Gasteiger partial charge in [-0.15, -0.1) is 0 Å². The van der Waals surface area contributed by atoms with Crippen LogP contribution in [0.1, 0.15) is 26.2 Å². The topological polar surface area (TPSA) is 65.1 Å². The summed E-state index contributed by atoms with van der Waals surface area (Å²) in [5.74, 6) is -0.193. The highest BCUT2D eigenvalue weighted by molar-refractivity contribution is 5.86. The first kappa shape index (κ1) is 18.2. The first-order chi connectivity index (χ1) is 10.5. The van der Waals surface area contributed by atoms with E-state index in [2.05, 4.69) is 24.5 Å². The van der Waals surface area contributed by atoms with Crippen LogP contribution in [0.4, 0.5) is 0 Å². The quantitative estimate of drug-likeness (QED) is 0.326. The van der Waals surface area contributed by atoms with Crippen molar-refractivity contribution in [3.63, 3.8) is 0 Å². The Kier molecular flexibility index (Phi) is 7.60. The standard InChI is InChI=1S/C10H14O3.C7H10O2/c1-2-10(11)12-6-7-3-4-8-9(5-7)13-8;1-4-5-9-7(8)6(2)3/h2,7-9H,1,3-6H2;4H,1-2,5H2,3H3.